The van der Waals surface area contributed by atoms with Crippen LogP contribution < -0.4 is 0 Å². The normalized spacial score (nSPS) is 23.5. The summed E-state index contributed by atoms with van der Waals surface area (Å²) in [5.74, 6) is 0.475. The first-order valence-corrected chi connectivity index (χ1v) is 6.43. The summed E-state index contributed by atoms with van der Waals surface area (Å²) in [6, 6.07) is 0. The fourth-order valence-electron chi connectivity index (χ4n) is 1.89. The Morgan fingerprint density at radius 3 is 2.40 bits per heavy atom. The highest BCUT2D eigenvalue weighted by atomic mass is 32.1. The number of rotatable bonds is 4. The Kier molecular flexibility index (Phi) is 4.10. The molecule has 0 bridgehead atoms. The summed E-state index contributed by atoms with van der Waals surface area (Å²) in [6.45, 7) is 5.99. The van der Waals surface area contributed by atoms with Gasteiger partial charge in [-0.25, -0.2) is 0 Å². The fraction of sp³-hybridized carbons (Fsp3) is 0.917. The molecular formula is C12H22O2S. The van der Waals surface area contributed by atoms with E-state index in [1.807, 2.05) is 20.8 Å². The maximum atomic E-state index is 12.0. The van der Waals surface area contributed by atoms with Crippen LogP contribution >= 0.6 is 12.6 Å². The maximum absolute atomic E-state index is 12.0. The van der Waals surface area contributed by atoms with Gasteiger partial charge in [-0.15, -0.1) is 0 Å². The number of hydrogen-bond acceptors (Lipinski definition) is 3. The van der Waals surface area contributed by atoms with Crippen LogP contribution in [0.2, 0.25) is 0 Å². The molecule has 1 aliphatic rings. The lowest BCUT2D eigenvalue weighted by Crippen LogP contribution is -2.38. The highest BCUT2D eigenvalue weighted by Crippen LogP contribution is 2.35. The minimum absolute atomic E-state index is 0.0793. The molecule has 0 radical (unpaired) electrons. The Morgan fingerprint density at radius 1 is 1.47 bits per heavy atom. The average molecular weight is 230 g/mol. The van der Waals surface area contributed by atoms with Gasteiger partial charge in [0.1, 0.15) is 5.60 Å². The molecule has 3 heteroatoms. The quantitative estimate of drug-likeness (QED) is 0.593. The fourth-order valence-corrected chi connectivity index (χ4v) is 2.25. The summed E-state index contributed by atoms with van der Waals surface area (Å²) in [4.78, 5) is 12.0. The second kappa shape index (κ2) is 4.77. The lowest BCUT2D eigenvalue weighted by molar-refractivity contribution is -0.168. The van der Waals surface area contributed by atoms with E-state index in [1.54, 1.807) is 0 Å². The molecule has 2 nitrogen and oxygen atoms in total. The van der Waals surface area contributed by atoms with Crippen molar-refractivity contribution in [1.29, 1.82) is 0 Å². The third-order valence-corrected chi connectivity index (χ3v) is 4.32. The molecule has 0 heterocycles. The summed E-state index contributed by atoms with van der Waals surface area (Å²) in [7, 11) is 0. The molecule has 0 aliphatic heterocycles. The van der Waals surface area contributed by atoms with E-state index in [-0.39, 0.29) is 11.6 Å². The molecule has 1 atom stereocenters. The largest absolute Gasteiger partial charge is 0.459 e. The van der Waals surface area contributed by atoms with Crippen molar-refractivity contribution in [2.45, 2.75) is 58.5 Å². The zero-order chi connectivity index (χ0) is 11.5. The van der Waals surface area contributed by atoms with Crippen molar-refractivity contribution in [3.8, 4) is 0 Å². The molecule has 1 aliphatic carbocycles. The zero-order valence-corrected chi connectivity index (χ0v) is 10.9. The number of carbonyl (C=O) groups is 1. The van der Waals surface area contributed by atoms with Crippen molar-refractivity contribution in [2.24, 2.45) is 5.41 Å². The van der Waals surface area contributed by atoms with E-state index in [9.17, 15) is 4.79 Å². The lowest BCUT2D eigenvalue weighted by atomic mass is 9.89. The van der Waals surface area contributed by atoms with Gasteiger partial charge in [-0.3, -0.25) is 4.79 Å². The predicted octanol–water partition coefficient (Wildman–Crippen LogP) is 3.21. The van der Waals surface area contributed by atoms with Crippen molar-refractivity contribution in [3.05, 3.63) is 0 Å². The molecule has 0 aromatic heterocycles. The molecular weight excluding hydrogens is 208 g/mol. The monoisotopic (exact) mass is 230 g/mol. The SMILES string of the molecule is CCC(C)(CS)C(=O)OC1(C)CCCC1. The molecule has 0 aromatic carbocycles. The van der Waals surface area contributed by atoms with E-state index >= 15 is 0 Å². The van der Waals surface area contributed by atoms with Gasteiger partial charge in [0.05, 0.1) is 5.41 Å². The van der Waals surface area contributed by atoms with E-state index in [4.69, 9.17) is 4.74 Å². The minimum atomic E-state index is -0.422. The molecule has 1 rings (SSSR count). The Labute approximate surface area is 98.2 Å². The maximum Gasteiger partial charge on any atom is 0.313 e. The van der Waals surface area contributed by atoms with E-state index in [0.717, 1.165) is 19.3 Å². The van der Waals surface area contributed by atoms with Gasteiger partial charge in [-0.05, 0) is 46.0 Å². The van der Waals surface area contributed by atoms with Crippen molar-refractivity contribution < 1.29 is 9.53 Å². The van der Waals surface area contributed by atoms with Gasteiger partial charge < -0.3 is 4.74 Å². The van der Waals surface area contributed by atoms with Crippen LogP contribution in [-0.4, -0.2) is 17.3 Å². The third kappa shape index (κ3) is 2.90. The molecule has 0 aromatic rings. The Balaban J connectivity index is 2.61. The zero-order valence-electron chi connectivity index (χ0n) is 10.0. The standard InChI is InChI=1S/C12H22O2S/c1-4-11(2,9-15)10(13)14-12(3)7-5-6-8-12/h15H,4-9H2,1-3H3. The highest BCUT2D eigenvalue weighted by molar-refractivity contribution is 7.80. The van der Waals surface area contributed by atoms with Crippen LogP contribution in [0.15, 0.2) is 0 Å². The van der Waals surface area contributed by atoms with Gasteiger partial charge in [0.15, 0.2) is 0 Å². The number of esters is 1. The number of ether oxygens (including phenoxy) is 1. The molecule has 1 unspecified atom stereocenters. The van der Waals surface area contributed by atoms with Crippen LogP contribution in [0.1, 0.15) is 52.9 Å². The summed E-state index contributed by atoms with van der Waals surface area (Å²) in [6.07, 6.45) is 5.14. The van der Waals surface area contributed by atoms with Crippen LogP contribution in [0.25, 0.3) is 0 Å². The molecule has 88 valence electrons. The second-order valence-electron chi connectivity index (χ2n) is 5.12. The van der Waals surface area contributed by atoms with Crippen LogP contribution in [0, 0.1) is 5.41 Å². The predicted molar refractivity (Wildman–Crippen MR) is 65.2 cm³/mol. The van der Waals surface area contributed by atoms with E-state index in [1.165, 1.54) is 12.8 Å². The van der Waals surface area contributed by atoms with E-state index in [0.29, 0.717) is 5.75 Å². The number of carbonyl (C=O) groups excluding carboxylic acids is 1. The molecule has 0 N–H and O–H groups in total. The first kappa shape index (κ1) is 12.9. The topological polar surface area (TPSA) is 26.3 Å². The Hall–Kier alpha value is -0.180. The first-order valence-electron chi connectivity index (χ1n) is 5.80. The summed E-state index contributed by atoms with van der Waals surface area (Å²) in [5.41, 5.74) is -0.634. The average Bonchev–Trinajstić information content (AvgIpc) is 2.63. The lowest BCUT2D eigenvalue weighted by Gasteiger charge is -2.31. The minimum Gasteiger partial charge on any atom is -0.459 e. The van der Waals surface area contributed by atoms with E-state index in [2.05, 4.69) is 12.6 Å². The molecule has 15 heavy (non-hydrogen) atoms. The third-order valence-electron chi connectivity index (χ3n) is 3.62. The number of thiol groups is 1. The summed E-state index contributed by atoms with van der Waals surface area (Å²) in [5, 5.41) is 0. The van der Waals surface area contributed by atoms with Gasteiger partial charge in [0, 0.05) is 5.75 Å². The number of hydrogen-bond donors (Lipinski definition) is 1. The molecule has 0 saturated heterocycles. The molecule has 1 fully saturated rings. The Morgan fingerprint density at radius 2 is 2.00 bits per heavy atom. The summed E-state index contributed by atoms with van der Waals surface area (Å²) >= 11 is 4.24. The molecule has 0 amide bonds. The van der Waals surface area contributed by atoms with Crippen LogP contribution in [0.5, 0.6) is 0 Å². The van der Waals surface area contributed by atoms with Crippen molar-refractivity contribution in [1.82, 2.24) is 0 Å². The molecule has 1 saturated carbocycles. The highest BCUT2D eigenvalue weighted by Gasteiger charge is 2.39. The first-order chi connectivity index (χ1) is 6.96. The van der Waals surface area contributed by atoms with Gasteiger partial charge in [0.2, 0.25) is 0 Å². The van der Waals surface area contributed by atoms with Crippen LogP contribution in [-0.2, 0) is 9.53 Å². The summed E-state index contributed by atoms with van der Waals surface area (Å²) < 4.78 is 5.66. The van der Waals surface area contributed by atoms with Crippen LogP contribution in [0.4, 0.5) is 0 Å². The molecule has 0 spiro atoms. The van der Waals surface area contributed by atoms with Gasteiger partial charge in [0.25, 0.3) is 0 Å². The van der Waals surface area contributed by atoms with Crippen molar-refractivity contribution in [3.63, 3.8) is 0 Å². The Bertz CT molecular complexity index is 228. The van der Waals surface area contributed by atoms with Crippen molar-refractivity contribution in [2.75, 3.05) is 5.75 Å². The van der Waals surface area contributed by atoms with Gasteiger partial charge in [-0.2, -0.15) is 12.6 Å². The van der Waals surface area contributed by atoms with Gasteiger partial charge >= 0.3 is 5.97 Å². The second-order valence-corrected chi connectivity index (χ2v) is 5.44. The van der Waals surface area contributed by atoms with Crippen LogP contribution in [0.3, 0.4) is 0 Å². The smallest absolute Gasteiger partial charge is 0.313 e. The van der Waals surface area contributed by atoms with Crippen molar-refractivity contribution >= 4 is 18.6 Å². The van der Waals surface area contributed by atoms with E-state index < -0.39 is 5.41 Å². The van der Waals surface area contributed by atoms with Gasteiger partial charge in [-0.1, -0.05) is 6.92 Å².